The number of rotatable bonds is 6. The van der Waals surface area contributed by atoms with Gasteiger partial charge in [-0.2, -0.15) is 4.98 Å². The maximum atomic E-state index is 12.2. The number of hydrogen-bond acceptors (Lipinski definition) is 5. The Hall–Kier alpha value is -2.65. The molecule has 1 aromatic carbocycles. The van der Waals surface area contributed by atoms with Crippen molar-refractivity contribution in [3.8, 4) is 12.3 Å². The molecule has 0 bridgehead atoms. The van der Waals surface area contributed by atoms with E-state index in [0.717, 1.165) is 24.2 Å². The van der Waals surface area contributed by atoms with Gasteiger partial charge in [-0.25, -0.2) is 0 Å². The molecule has 1 amide bonds. The molecule has 6 nitrogen and oxygen atoms in total. The van der Waals surface area contributed by atoms with Crippen molar-refractivity contribution in [3.05, 3.63) is 41.5 Å². The van der Waals surface area contributed by atoms with E-state index in [-0.39, 0.29) is 18.5 Å². The maximum Gasteiger partial charge on any atom is 0.243 e. The van der Waals surface area contributed by atoms with Crippen LogP contribution in [0.4, 0.5) is 5.69 Å². The zero-order valence-corrected chi connectivity index (χ0v) is 13.8. The fourth-order valence-electron chi connectivity index (χ4n) is 2.36. The zero-order valence-electron chi connectivity index (χ0n) is 13.8. The van der Waals surface area contributed by atoms with Crippen LogP contribution in [0.5, 0.6) is 0 Å². The number of carbonyl (C=O) groups is 1. The number of likely N-dealkylation sites (N-methyl/N-ethyl adjacent to an activating group) is 1. The van der Waals surface area contributed by atoms with Crippen LogP contribution in [-0.4, -0.2) is 34.5 Å². The van der Waals surface area contributed by atoms with Crippen LogP contribution in [0.2, 0.25) is 0 Å². The van der Waals surface area contributed by atoms with Crippen LogP contribution in [0, 0.1) is 12.3 Å². The normalized spacial score (nSPS) is 15.1. The molecular formula is C18H20N4O2. The van der Waals surface area contributed by atoms with E-state index >= 15 is 0 Å². The van der Waals surface area contributed by atoms with Gasteiger partial charge in [0, 0.05) is 17.2 Å². The van der Waals surface area contributed by atoms with Crippen LogP contribution in [0.15, 0.2) is 28.8 Å². The van der Waals surface area contributed by atoms with Crippen molar-refractivity contribution in [1.82, 2.24) is 15.0 Å². The standard InChI is InChI=1S/C18H20N4O2/c1-4-13-6-5-7-15(10-13)19-16(23)11-22(3)12(2)18-20-17(21-24-18)14-8-9-14/h1,5-7,10,12,14H,8-9,11H2,2-3H3,(H,19,23)/t12-/m0/s1. The second kappa shape index (κ2) is 6.85. The van der Waals surface area contributed by atoms with Crippen molar-refractivity contribution in [2.24, 2.45) is 0 Å². The van der Waals surface area contributed by atoms with E-state index in [2.05, 4.69) is 21.4 Å². The van der Waals surface area contributed by atoms with Crippen molar-refractivity contribution in [3.63, 3.8) is 0 Å². The first-order chi connectivity index (χ1) is 11.6. The number of amides is 1. The minimum Gasteiger partial charge on any atom is -0.338 e. The number of benzene rings is 1. The number of anilines is 1. The van der Waals surface area contributed by atoms with Crippen LogP contribution in [0.25, 0.3) is 0 Å². The number of aromatic nitrogens is 2. The third-order valence-corrected chi connectivity index (χ3v) is 4.12. The average Bonchev–Trinajstić information content (AvgIpc) is 3.31. The van der Waals surface area contributed by atoms with Crippen molar-refractivity contribution in [2.75, 3.05) is 18.9 Å². The summed E-state index contributed by atoms with van der Waals surface area (Å²) in [6.07, 6.45) is 7.62. The Morgan fingerprint density at radius 1 is 1.54 bits per heavy atom. The lowest BCUT2D eigenvalue weighted by molar-refractivity contribution is -0.117. The van der Waals surface area contributed by atoms with Crippen molar-refractivity contribution >= 4 is 11.6 Å². The molecule has 1 aliphatic rings. The molecule has 0 aliphatic heterocycles. The molecule has 0 spiro atoms. The third-order valence-electron chi connectivity index (χ3n) is 4.12. The Labute approximate surface area is 141 Å². The number of nitrogens with one attached hydrogen (secondary N) is 1. The molecule has 24 heavy (non-hydrogen) atoms. The monoisotopic (exact) mass is 324 g/mol. The molecule has 6 heteroatoms. The van der Waals surface area contributed by atoms with Gasteiger partial charge in [-0.05, 0) is 45.0 Å². The molecule has 0 unspecified atom stereocenters. The summed E-state index contributed by atoms with van der Waals surface area (Å²) in [4.78, 5) is 18.5. The number of carbonyl (C=O) groups excluding carboxylic acids is 1. The van der Waals surface area contributed by atoms with Gasteiger partial charge < -0.3 is 9.84 Å². The molecule has 1 aromatic heterocycles. The fourth-order valence-corrected chi connectivity index (χ4v) is 2.36. The average molecular weight is 324 g/mol. The smallest absolute Gasteiger partial charge is 0.243 e. The first kappa shape index (κ1) is 16.2. The van der Waals surface area contributed by atoms with Crippen LogP contribution in [-0.2, 0) is 4.79 Å². The molecule has 2 aromatic rings. The maximum absolute atomic E-state index is 12.2. The van der Waals surface area contributed by atoms with Gasteiger partial charge in [0.05, 0.1) is 12.6 Å². The number of hydrogen-bond donors (Lipinski definition) is 1. The van der Waals surface area contributed by atoms with E-state index < -0.39 is 0 Å². The van der Waals surface area contributed by atoms with Crippen LogP contribution >= 0.6 is 0 Å². The molecule has 1 saturated carbocycles. The largest absolute Gasteiger partial charge is 0.338 e. The SMILES string of the molecule is C#Cc1cccc(NC(=O)CN(C)[C@@H](C)c2nc(C3CC3)no2)c1. The van der Waals surface area contributed by atoms with Gasteiger partial charge >= 0.3 is 0 Å². The molecule has 1 heterocycles. The van der Waals surface area contributed by atoms with E-state index in [1.807, 2.05) is 37.1 Å². The summed E-state index contributed by atoms with van der Waals surface area (Å²) in [6, 6.07) is 7.07. The van der Waals surface area contributed by atoms with Gasteiger partial charge in [0.25, 0.3) is 0 Å². The first-order valence-electron chi connectivity index (χ1n) is 7.97. The van der Waals surface area contributed by atoms with Gasteiger partial charge in [0.2, 0.25) is 11.8 Å². The molecule has 0 saturated heterocycles. The van der Waals surface area contributed by atoms with E-state index in [0.29, 0.717) is 17.5 Å². The molecule has 124 valence electrons. The fraction of sp³-hybridized carbons (Fsp3) is 0.389. The minimum atomic E-state index is -0.132. The molecule has 1 N–H and O–H groups in total. The van der Waals surface area contributed by atoms with Gasteiger partial charge in [0.1, 0.15) is 0 Å². The molecule has 0 radical (unpaired) electrons. The molecule has 1 atom stereocenters. The number of nitrogens with zero attached hydrogens (tertiary/aromatic N) is 3. The van der Waals surface area contributed by atoms with E-state index in [1.54, 1.807) is 6.07 Å². The predicted octanol–water partition coefficient (Wildman–Crippen LogP) is 2.56. The van der Waals surface area contributed by atoms with Crippen molar-refractivity contribution in [2.45, 2.75) is 31.7 Å². The lowest BCUT2D eigenvalue weighted by Gasteiger charge is -2.20. The van der Waals surface area contributed by atoms with Gasteiger partial charge in [-0.3, -0.25) is 9.69 Å². The molecule has 3 rings (SSSR count). The summed E-state index contributed by atoms with van der Waals surface area (Å²) in [7, 11) is 1.85. The number of terminal acetylenes is 1. The molecular weight excluding hydrogens is 304 g/mol. The highest BCUT2D eigenvalue weighted by molar-refractivity contribution is 5.92. The molecule has 1 fully saturated rings. The lowest BCUT2D eigenvalue weighted by Crippen LogP contribution is -2.32. The van der Waals surface area contributed by atoms with Crippen LogP contribution in [0.3, 0.4) is 0 Å². The minimum absolute atomic E-state index is 0.125. The Kier molecular flexibility index (Phi) is 4.63. The quantitative estimate of drug-likeness (QED) is 0.827. The second-order valence-electron chi connectivity index (χ2n) is 6.13. The summed E-state index contributed by atoms with van der Waals surface area (Å²) >= 11 is 0. The van der Waals surface area contributed by atoms with Crippen molar-refractivity contribution in [1.29, 1.82) is 0 Å². The van der Waals surface area contributed by atoms with E-state index in [4.69, 9.17) is 10.9 Å². The highest BCUT2D eigenvalue weighted by Gasteiger charge is 2.30. The topological polar surface area (TPSA) is 71.3 Å². The van der Waals surface area contributed by atoms with Crippen LogP contribution in [0.1, 0.15) is 49.0 Å². The Morgan fingerprint density at radius 2 is 2.33 bits per heavy atom. The zero-order chi connectivity index (χ0) is 17.1. The van der Waals surface area contributed by atoms with Gasteiger partial charge in [0.15, 0.2) is 5.82 Å². The summed E-state index contributed by atoms with van der Waals surface area (Å²) in [5, 5.41) is 6.86. The Morgan fingerprint density at radius 3 is 3.04 bits per heavy atom. The van der Waals surface area contributed by atoms with Crippen LogP contribution < -0.4 is 5.32 Å². The highest BCUT2D eigenvalue weighted by Crippen LogP contribution is 2.38. The Balaban J connectivity index is 1.57. The summed E-state index contributed by atoms with van der Waals surface area (Å²) in [5.74, 6) is 4.20. The van der Waals surface area contributed by atoms with Gasteiger partial charge in [-0.15, -0.1) is 6.42 Å². The van der Waals surface area contributed by atoms with Crippen molar-refractivity contribution < 1.29 is 9.32 Å². The second-order valence-corrected chi connectivity index (χ2v) is 6.13. The first-order valence-corrected chi connectivity index (χ1v) is 7.97. The lowest BCUT2D eigenvalue weighted by atomic mass is 10.2. The van der Waals surface area contributed by atoms with Gasteiger partial charge in [-0.1, -0.05) is 17.1 Å². The predicted molar refractivity (Wildman–Crippen MR) is 90.3 cm³/mol. The third kappa shape index (κ3) is 3.81. The summed E-state index contributed by atoms with van der Waals surface area (Å²) < 4.78 is 5.32. The summed E-state index contributed by atoms with van der Waals surface area (Å²) in [6.45, 7) is 2.15. The van der Waals surface area contributed by atoms with E-state index in [9.17, 15) is 4.79 Å². The Bertz CT molecular complexity index is 773. The summed E-state index contributed by atoms with van der Waals surface area (Å²) in [5.41, 5.74) is 1.42. The molecule has 1 aliphatic carbocycles. The highest BCUT2D eigenvalue weighted by atomic mass is 16.5. The van der Waals surface area contributed by atoms with E-state index in [1.165, 1.54) is 0 Å².